The van der Waals surface area contributed by atoms with Crippen LogP contribution in [-0.2, 0) is 20.1 Å². The third-order valence-corrected chi connectivity index (χ3v) is 5.65. The fourth-order valence-electron chi connectivity index (χ4n) is 3.77. The van der Waals surface area contributed by atoms with E-state index in [0.717, 1.165) is 50.8 Å². The molecule has 0 aliphatic carbocycles. The fourth-order valence-corrected chi connectivity index (χ4v) is 3.77. The van der Waals surface area contributed by atoms with Crippen LogP contribution < -0.4 is 10.2 Å². The van der Waals surface area contributed by atoms with Gasteiger partial charge in [0.2, 0.25) is 0 Å². The van der Waals surface area contributed by atoms with E-state index in [4.69, 9.17) is 0 Å². The average Bonchev–Trinajstić information content (AvgIpc) is 3.13. The molecule has 2 heterocycles. The number of rotatable bonds is 6. The smallest absolute Gasteiger partial charge is 0.194 e. The van der Waals surface area contributed by atoms with E-state index < -0.39 is 0 Å². The average molecular weight is 401 g/mol. The normalized spacial score (nSPS) is 15.6. The predicted molar refractivity (Wildman–Crippen MR) is 118 cm³/mol. The van der Waals surface area contributed by atoms with E-state index in [1.54, 1.807) is 13.1 Å². The zero-order valence-electron chi connectivity index (χ0n) is 18.0. The number of aromatic nitrogens is 1. The molecule has 3 rings (SSSR count). The highest BCUT2D eigenvalue weighted by Gasteiger charge is 2.18. The number of nitrogens with one attached hydrogen (secondary N) is 1. The van der Waals surface area contributed by atoms with Crippen molar-refractivity contribution >= 4 is 11.6 Å². The third-order valence-electron chi connectivity index (χ3n) is 5.65. The van der Waals surface area contributed by atoms with Crippen molar-refractivity contribution in [1.29, 1.82) is 0 Å². The van der Waals surface area contributed by atoms with Crippen LogP contribution in [-0.4, -0.2) is 67.1 Å². The van der Waals surface area contributed by atoms with Gasteiger partial charge < -0.3 is 24.6 Å². The molecule has 1 aliphatic heterocycles. The quantitative estimate of drug-likeness (QED) is 0.597. The lowest BCUT2D eigenvalue weighted by molar-refractivity contribution is 0.270. The Hall–Kier alpha value is -2.54. The van der Waals surface area contributed by atoms with Crippen molar-refractivity contribution in [3.63, 3.8) is 0 Å². The number of benzene rings is 1. The number of nitrogens with zero attached hydrogens (tertiary/aromatic N) is 5. The van der Waals surface area contributed by atoms with Crippen molar-refractivity contribution in [1.82, 2.24) is 19.7 Å². The lowest BCUT2D eigenvalue weighted by atomic mass is 10.1. The molecule has 0 bridgehead atoms. The van der Waals surface area contributed by atoms with Crippen LogP contribution in [0.2, 0.25) is 0 Å². The van der Waals surface area contributed by atoms with Gasteiger partial charge in [0.05, 0.1) is 12.2 Å². The molecule has 0 spiro atoms. The number of hydrogen-bond acceptors (Lipinski definition) is 3. The van der Waals surface area contributed by atoms with Crippen LogP contribution in [0.25, 0.3) is 0 Å². The summed E-state index contributed by atoms with van der Waals surface area (Å²) in [6.45, 7) is 8.24. The molecular formula is C22H33FN6. The highest BCUT2D eigenvalue weighted by Crippen LogP contribution is 2.22. The minimum Gasteiger partial charge on any atom is -0.367 e. The number of aryl methyl sites for hydroxylation is 1. The molecule has 1 saturated heterocycles. The van der Waals surface area contributed by atoms with Crippen LogP contribution in [0, 0.1) is 5.82 Å². The van der Waals surface area contributed by atoms with Gasteiger partial charge >= 0.3 is 0 Å². The van der Waals surface area contributed by atoms with Crippen LogP contribution in [0.1, 0.15) is 18.2 Å². The van der Waals surface area contributed by atoms with Gasteiger partial charge in [0.1, 0.15) is 5.82 Å². The van der Waals surface area contributed by atoms with Crippen molar-refractivity contribution in [3.05, 3.63) is 53.6 Å². The van der Waals surface area contributed by atoms with Crippen LogP contribution >= 0.6 is 0 Å². The van der Waals surface area contributed by atoms with Crippen LogP contribution in [0.5, 0.6) is 0 Å². The number of halogens is 1. The van der Waals surface area contributed by atoms with Gasteiger partial charge in [-0.15, -0.1) is 0 Å². The van der Waals surface area contributed by atoms with E-state index in [-0.39, 0.29) is 5.82 Å². The van der Waals surface area contributed by atoms with E-state index >= 15 is 0 Å². The molecule has 0 amide bonds. The van der Waals surface area contributed by atoms with Crippen molar-refractivity contribution in [2.24, 2.45) is 12.0 Å². The first kappa shape index (κ1) is 21.2. The maximum Gasteiger partial charge on any atom is 0.194 e. The molecule has 0 unspecified atom stereocenters. The molecule has 7 heteroatoms. The Balaban J connectivity index is 1.57. The van der Waals surface area contributed by atoms with Crippen LogP contribution in [0.15, 0.2) is 41.5 Å². The molecule has 1 aromatic heterocycles. The van der Waals surface area contributed by atoms with Crippen molar-refractivity contribution < 1.29 is 4.39 Å². The van der Waals surface area contributed by atoms with Gasteiger partial charge in [0.15, 0.2) is 5.96 Å². The van der Waals surface area contributed by atoms with Crippen molar-refractivity contribution in [3.8, 4) is 0 Å². The zero-order chi connectivity index (χ0) is 20.8. The summed E-state index contributed by atoms with van der Waals surface area (Å²) in [5.41, 5.74) is 2.82. The molecule has 1 aliphatic rings. The van der Waals surface area contributed by atoms with Gasteiger partial charge in [0, 0.05) is 65.8 Å². The number of piperazine rings is 1. The number of aliphatic imine (C=N–C) groups is 1. The summed E-state index contributed by atoms with van der Waals surface area (Å²) in [5, 5.41) is 3.34. The summed E-state index contributed by atoms with van der Waals surface area (Å²) < 4.78 is 16.8. The molecule has 6 nitrogen and oxygen atoms in total. The number of likely N-dealkylation sites (N-methyl/N-ethyl adjacent to an activating group) is 1. The highest BCUT2D eigenvalue weighted by atomic mass is 19.1. The molecule has 1 fully saturated rings. The summed E-state index contributed by atoms with van der Waals surface area (Å²) in [6, 6.07) is 9.68. The Morgan fingerprint density at radius 1 is 1.21 bits per heavy atom. The zero-order valence-corrected chi connectivity index (χ0v) is 18.0. The molecule has 1 aromatic carbocycles. The Kier molecular flexibility index (Phi) is 7.14. The lowest BCUT2D eigenvalue weighted by Crippen LogP contribution is -2.46. The van der Waals surface area contributed by atoms with E-state index in [0.29, 0.717) is 12.2 Å². The monoisotopic (exact) mass is 400 g/mol. The SMILES string of the molecule is CCN1CCN(c2ccc(CNC(=NC)N(C)Cc3cccn3C)cc2F)CC1. The molecule has 0 saturated carbocycles. The standard InChI is InChI=1S/C22H33FN6/c1-5-28-11-13-29(14-12-28)21-9-8-18(15-20(21)23)16-25-22(24-2)27(4)17-19-7-6-10-26(19)3/h6-10,15H,5,11-14,16-17H2,1-4H3,(H,24,25). The fraction of sp³-hybridized carbons (Fsp3) is 0.500. The minimum atomic E-state index is -0.151. The second kappa shape index (κ2) is 9.78. The van der Waals surface area contributed by atoms with E-state index in [2.05, 4.69) is 42.6 Å². The number of hydrogen-bond donors (Lipinski definition) is 1. The summed E-state index contributed by atoms with van der Waals surface area (Å²) in [7, 11) is 5.80. The van der Waals surface area contributed by atoms with E-state index in [1.807, 2.05) is 38.5 Å². The first-order valence-electron chi connectivity index (χ1n) is 10.3. The first-order chi connectivity index (χ1) is 14.0. The molecular weight excluding hydrogens is 367 g/mol. The molecule has 29 heavy (non-hydrogen) atoms. The van der Waals surface area contributed by atoms with Crippen molar-refractivity contribution in [2.75, 3.05) is 51.7 Å². The summed E-state index contributed by atoms with van der Waals surface area (Å²) >= 11 is 0. The lowest BCUT2D eigenvalue weighted by Gasteiger charge is -2.35. The topological polar surface area (TPSA) is 39.0 Å². The maximum atomic E-state index is 14.7. The van der Waals surface area contributed by atoms with Gasteiger partial charge in [-0.25, -0.2) is 4.39 Å². The van der Waals surface area contributed by atoms with Crippen LogP contribution in [0.3, 0.4) is 0 Å². The Morgan fingerprint density at radius 3 is 2.55 bits per heavy atom. The Bertz CT molecular complexity index is 822. The summed E-state index contributed by atoms with van der Waals surface area (Å²) in [4.78, 5) is 11.0. The Labute approximate surface area is 173 Å². The second-order valence-electron chi connectivity index (χ2n) is 7.57. The minimum absolute atomic E-state index is 0.151. The van der Waals surface area contributed by atoms with Gasteiger partial charge in [-0.1, -0.05) is 13.0 Å². The van der Waals surface area contributed by atoms with E-state index in [9.17, 15) is 4.39 Å². The predicted octanol–water partition coefficient (Wildman–Crippen LogP) is 2.51. The summed E-state index contributed by atoms with van der Waals surface area (Å²) in [5.74, 6) is 0.632. The van der Waals surface area contributed by atoms with Crippen molar-refractivity contribution in [2.45, 2.75) is 20.0 Å². The largest absolute Gasteiger partial charge is 0.367 e. The molecule has 0 atom stereocenters. The third kappa shape index (κ3) is 5.29. The number of guanidine groups is 1. The molecule has 0 radical (unpaired) electrons. The molecule has 2 aromatic rings. The maximum absolute atomic E-state index is 14.7. The molecule has 158 valence electrons. The Morgan fingerprint density at radius 2 is 1.97 bits per heavy atom. The highest BCUT2D eigenvalue weighted by molar-refractivity contribution is 5.79. The molecule has 1 N–H and O–H groups in total. The second-order valence-corrected chi connectivity index (χ2v) is 7.57. The first-order valence-corrected chi connectivity index (χ1v) is 10.3. The van der Waals surface area contributed by atoms with Gasteiger partial charge in [-0.05, 0) is 36.4 Å². The van der Waals surface area contributed by atoms with E-state index in [1.165, 1.54) is 5.69 Å². The number of anilines is 1. The summed E-state index contributed by atoms with van der Waals surface area (Å²) in [6.07, 6.45) is 2.03. The van der Waals surface area contributed by atoms with Crippen LogP contribution in [0.4, 0.5) is 10.1 Å². The van der Waals surface area contributed by atoms with Gasteiger partial charge in [-0.2, -0.15) is 0 Å². The van der Waals surface area contributed by atoms with Gasteiger partial charge in [0.25, 0.3) is 0 Å². The van der Waals surface area contributed by atoms with Gasteiger partial charge in [-0.3, -0.25) is 4.99 Å².